The number of anilines is 1. The van der Waals surface area contributed by atoms with E-state index >= 15 is 0 Å². The van der Waals surface area contributed by atoms with E-state index < -0.39 is 0 Å². The van der Waals surface area contributed by atoms with Crippen molar-refractivity contribution in [3.05, 3.63) is 29.5 Å². The second kappa shape index (κ2) is 5.25. The maximum Gasteiger partial charge on any atom is 0.239 e. The molecular weight excluding hydrogens is 276 g/mol. The number of amides is 1. The van der Waals surface area contributed by atoms with E-state index in [1.165, 1.54) is 6.33 Å². The molecule has 104 valence electrons. The molecule has 3 rings (SSSR count). The van der Waals surface area contributed by atoms with Crippen LogP contribution in [0.1, 0.15) is 12.8 Å². The molecule has 1 aliphatic rings. The van der Waals surface area contributed by atoms with Crippen LogP contribution >= 0.6 is 11.6 Å². The maximum atomic E-state index is 11.9. The van der Waals surface area contributed by atoms with Gasteiger partial charge in [0.15, 0.2) is 0 Å². The first-order valence-electron chi connectivity index (χ1n) is 6.54. The van der Waals surface area contributed by atoms with E-state index in [4.69, 9.17) is 11.6 Å². The monoisotopic (exact) mass is 290 g/mol. The number of carbonyl (C=O) groups excluding carboxylic acids is 1. The predicted octanol–water partition coefficient (Wildman–Crippen LogP) is 2.00. The average molecular weight is 291 g/mol. The van der Waals surface area contributed by atoms with Gasteiger partial charge in [-0.3, -0.25) is 4.79 Å². The molecule has 1 N–H and O–H groups in total. The van der Waals surface area contributed by atoms with Gasteiger partial charge in [0.1, 0.15) is 12.1 Å². The number of hydrogen-bond acceptors (Lipinski definition) is 4. The summed E-state index contributed by atoms with van der Waals surface area (Å²) in [5.74, 6) is 0.758. The summed E-state index contributed by atoms with van der Waals surface area (Å²) in [5, 5.41) is 4.49. The zero-order valence-electron chi connectivity index (χ0n) is 11.1. The van der Waals surface area contributed by atoms with Crippen molar-refractivity contribution >= 4 is 34.2 Å². The van der Waals surface area contributed by atoms with Gasteiger partial charge in [-0.1, -0.05) is 11.6 Å². The molecule has 0 radical (unpaired) electrons. The highest BCUT2D eigenvalue weighted by atomic mass is 35.5. The Balaban J connectivity index is 1.83. The first-order valence-corrected chi connectivity index (χ1v) is 6.92. The Hall–Kier alpha value is -1.88. The van der Waals surface area contributed by atoms with E-state index in [1.54, 1.807) is 12.1 Å². The van der Waals surface area contributed by atoms with Crippen LogP contribution in [-0.4, -0.2) is 35.5 Å². The van der Waals surface area contributed by atoms with Crippen LogP contribution in [0.4, 0.5) is 5.82 Å². The molecule has 5 nitrogen and oxygen atoms in total. The number of fused-ring (bicyclic) bond motifs is 1. The lowest BCUT2D eigenvalue weighted by Crippen LogP contribution is -2.36. The molecule has 0 spiro atoms. The van der Waals surface area contributed by atoms with Crippen molar-refractivity contribution in [1.82, 2.24) is 15.3 Å². The van der Waals surface area contributed by atoms with E-state index in [1.807, 2.05) is 18.0 Å². The Bertz CT molecular complexity index is 657. The van der Waals surface area contributed by atoms with Gasteiger partial charge in [-0.2, -0.15) is 0 Å². The van der Waals surface area contributed by atoms with Crippen molar-refractivity contribution in [2.45, 2.75) is 18.9 Å². The largest absolute Gasteiger partial charge is 0.352 e. The fourth-order valence-electron chi connectivity index (χ4n) is 2.11. The van der Waals surface area contributed by atoms with Crippen LogP contribution in [0, 0.1) is 0 Å². The molecule has 6 heteroatoms. The summed E-state index contributed by atoms with van der Waals surface area (Å²) in [5.41, 5.74) is 0.775. The molecule has 1 saturated carbocycles. The first-order chi connectivity index (χ1) is 9.63. The second-order valence-corrected chi connectivity index (χ2v) is 5.49. The number of nitrogens with zero attached hydrogens (tertiary/aromatic N) is 3. The highest BCUT2D eigenvalue weighted by Gasteiger charge is 2.24. The molecule has 2 aromatic rings. The number of benzene rings is 1. The maximum absolute atomic E-state index is 11.9. The molecule has 1 fully saturated rings. The molecule has 0 bridgehead atoms. The number of aromatic nitrogens is 2. The smallest absolute Gasteiger partial charge is 0.239 e. The molecule has 0 aliphatic heterocycles. The summed E-state index contributed by atoms with van der Waals surface area (Å²) in [7, 11) is 1.85. The molecule has 0 unspecified atom stereocenters. The van der Waals surface area contributed by atoms with Gasteiger partial charge in [-0.05, 0) is 31.0 Å². The third kappa shape index (κ3) is 2.82. The zero-order valence-corrected chi connectivity index (χ0v) is 11.9. The SMILES string of the molecule is CN(CC(=O)NC1CC1)c1ncnc2cc(Cl)ccc12. The number of carbonyl (C=O) groups is 1. The van der Waals surface area contributed by atoms with E-state index in [9.17, 15) is 4.79 Å². The second-order valence-electron chi connectivity index (χ2n) is 5.06. The lowest BCUT2D eigenvalue weighted by Gasteiger charge is -2.19. The fourth-order valence-corrected chi connectivity index (χ4v) is 2.28. The molecule has 0 saturated heterocycles. The van der Waals surface area contributed by atoms with E-state index in [-0.39, 0.29) is 12.5 Å². The van der Waals surface area contributed by atoms with Crippen LogP contribution in [0.3, 0.4) is 0 Å². The molecule has 1 aromatic heterocycles. The number of likely N-dealkylation sites (N-methyl/N-ethyl adjacent to an activating group) is 1. The average Bonchev–Trinajstić information content (AvgIpc) is 3.21. The highest BCUT2D eigenvalue weighted by molar-refractivity contribution is 6.31. The minimum atomic E-state index is 0.0238. The minimum absolute atomic E-state index is 0.0238. The topological polar surface area (TPSA) is 58.1 Å². The van der Waals surface area contributed by atoms with Crippen LogP contribution in [0.15, 0.2) is 24.5 Å². The minimum Gasteiger partial charge on any atom is -0.352 e. The summed E-state index contributed by atoms with van der Waals surface area (Å²) in [6, 6.07) is 5.84. The van der Waals surface area contributed by atoms with Gasteiger partial charge in [-0.25, -0.2) is 9.97 Å². The fraction of sp³-hybridized carbons (Fsp3) is 0.357. The summed E-state index contributed by atoms with van der Waals surface area (Å²) in [6.07, 6.45) is 3.66. The van der Waals surface area contributed by atoms with Gasteiger partial charge in [0.2, 0.25) is 5.91 Å². The number of hydrogen-bond donors (Lipinski definition) is 1. The lowest BCUT2D eigenvalue weighted by molar-refractivity contribution is -0.119. The van der Waals surface area contributed by atoms with Crippen molar-refractivity contribution in [2.24, 2.45) is 0 Å². The van der Waals surface area contributed by atoms with Gasteiger partial charge in [0, 0.05) is 23.5 Å². The standard InChI is InChI=1S/C14H15ClN4O/c1-19(7-13(20)18-10-3-4-10)14-11-5-2-9(15)6-12(11)16-8-17-14/h2,5-6,8,10H,3-4,7H2,1H3,(H,18,20). The van der Waals surface area contributed by atoms with Crippen molar-refractivity contribution in [1.29, 1.82) is 0 Å². The number of rotatable bonds is 4. The number of halogens is 1. The molecule has 1 amide bonds. The Morgan fingerprint density at radius 2 is 2.25 bits per heavy atom. The summed E-state index contributed by atoms with van der Waals surface area (Å²) in [4.78, 5) is 22.2. The third-order valence-corrected chi connectivity index (χ3v) is 3.50. The Morgan fingerprint density at radius 3 is 3.00 bits per heavy atom. The van der Waals surface area contributed by atoms with Crippen molar-refractivity contribution in [3.8, 4) is 0 Å². The molecule has 20 heavy (non-hydrogen) atoms. The van der Waals surface area contributed by atoms with Crippen LogP contribution in [0.2, 0.25) is 5.02 Å². The van der Waals surface area contributed by atoms with Gasteiger partial charge in [0.25, 0.3) is 0 Å². The Morgan fingerprint density at radius 1 is 1.45 bits per heavy atom. The van der Waals surface area contributed by atoms with Gasteiger partial charge in [0.05, 0.1) is 12.1 Å². The zero-order chi connectivity index (χ0) is 14.1. The summed E-state index contributed by atoms with van der Waals surface area (Å²) >= 11 is 5.96. The van der Waals surface area contributed by atoms with Gasteiger partial charge in [-0.15, -0.1) is 0 Å². The quantitative estimate of drug-likeness (QED) is 0.936. The van der Waals surface area contributed by atoms with Crippen LogP contribution < -0.4 is 10.2 Å². The first kappa shape index (κ1) is 13.1. The van der Waals surface area contributed by atoms with E-state index in [0.717, 1.165) is 29.6 Å². The van der Waals surface area contributed by atoms with Crippen LogP contribution in [0.5, 0.6) is 0 Å². The summed E-state index contributed by atoms with van der Waals surface area (Å²) < 4.78 is 0. The highest BCUT2D eigenvalue weighted by Crippen LogP contribution is 2.24. The lowest BCUT2D eigenvalue weighted by atomic mass is 10.2. The van der Waals surface area contributed by atoms with Crippen LogP contribution in [-0.2, 0) is 4.79 Å². The normalized spacial score (nSPS) is 14.3. The van der Waals surface area contributed by atoms with Crippen LogP contribution in [0.25, 0.3) is 10.9 Å². The van der Waals surface area contributed by atoms with Crippen molar-refractivity contribution in [2.75, 3.05) is 18.5 Å². The molecule has 1 aliphatic carbocycles. The van der Waals surface area contributed by atoms with E-state index in [0.29, 0.717) is 11.1 Å². The Kier molecular flexibility index (Phi) is 3.44. The third-order valence-electron chi connectivity index (χ3n) is 3.26. The molecular formula is C14H15ClN4O. The Labute approximate surface area is 122 Å². The molecule has 1 heterocycles. The van der Waals surface area contributed by atoms with Crippen molar-refractivity contribution in [3.63, 3.8) is 0 Å². The van der Waals surface area contributed by atoms with Gasteiger partial charge < -0.3 is 10.2 Å². The molecule has 0 atom stereocenters. The summed E-state index contributed by atoms with van der Waals surface area (Å²) in [6.45, 7) is 0.283. The van der Waals surface area contributed by atoms with E-state index in [2.05, 4.69) is 15.3 Å². The predicted molar refractivity (Wildman–Crippen MR) is 79.0 cm³/mol. The van der Waals surface area contributed by atoms with Gasteiger partial charge >= 0.3 is 0 Å². The van der Waals surface area contributed by atoms with Crippen molar-refractivity contribution < 1.29 is 4.79 Å². The number of nitrogens with one attached hydrogen (secondary N) is 1. The molecule has 1 aromatic carbocycles.